The first-order chi connectivity index (χ1) is 9.54. The molecule has 0 aromatic heterocycles. The molecular formula is C15H21N3O2. The first-order valence-electron chi connectivity index (χ1n) is 6.89. The van der Waals surface area contributed by atoms with Crippen LogP contribution in [0, 0.1) is 0 Å². The van der Waals surface area contributed by atoms with Crippen molar-refractivity contribution in [3.63, 3.8) is 0 Å². The number of nitrogens with zero attached hydrogens (tertiary/aromatic N) is 2. The van der Waals surface area contributed by atoms with Crippen LogP contribution in [0.2, 0.25) is 0 Å². The van der Waals surface area contributed by atoms with Crippen LogP contribution in [-0.4, -0.2) is 47.8 Å². The fourth-order valence-electron chi connectivity index (χ4n) is 2.38. The van der Waals surface area contributed by atoms with Crippen molar-refractivity contribution in [3.05, 3.63) is 29.8 Å². The second kappa shape index (κ2) is 6.52. The van der Waals surface area contributed by atoms with Gasteiger partial charge in [-0.15, -0.1) is 0 Å². The summed E-state index contributed by atoms with van der Waals surface area (Å²) in [4.78, 5) is 26.4. The minimum atomic E-state index is -0.0573. The van der Waals surface area contributed by atoms with Crippen molar-refractivity contribution in [2.45, 2.75) is 20.4 Å². The number of rotatable bonds is 3. The molecule has 0 spiro atoms. The molecule has 5 nitrogen and oxygen atoms in total. The average Bonchev–Trinajstić information content (AvgIpc) is 2.41. The third-order valence-corrected chi connectivity index (χ3v) is 3.50. The van der Waals surface area contributed by atoms with Gasteiger partial charge in [0.1, 0.15) is 0 Å². The van der Waals surface area contributed by atoms with Gasteiger partial charge >= 0.3 is 0 Å². The lowest BCUT2D eigenvalue weighted by Gasteiger charge is -2.34. The SMILES string of the molecule is CC(=O)Nc1ccc(CN2CCN(C(C)=O)CC2)cc1. The van der Waals surface area contributed by atoms with Gasteiger partial charge in [0.2, 0.25) is 11.8 Å². The molecule has 1 fully saturated rings. The molecule has 0 radical (unpaired) electrons. The van der Waals surface area contributed by atoms with E-state index in [9.17, 15) is 9.59 Å². The number of hydrogen-bond acceptors (Lipinski definition) is 3. The molecule has 1 saturated heterocycles. The van der Waals surface area contributed by atoms with Gasteiger partial charge in [-0.1, -0.05) is 12.1 Å². The summed E-state index contributed by atoms with van der Waals surface area (Å²) in [6, 6.07) is 7.90. The van der Waals surface area contributed by atoms with Crippen molar-refractivity contribution < 1.29 is 9.59 Å². The smallest absolute Gasteiger partial charge is 0.221 e. The Balaban J connectivity index is 1.85. The minimum absolute atomic E-state index is 0.0573. The Morgan fingerprint density at radius 2 is 1.65 bits per heavy atom. The van der Waals surface area contributed by atoms with Gasteiger partial charge in [-0.3, -0.25) is 14.5 Å². The van der Waals surface area contributed by atoms with Crippen LogP contribution in [0.15, 0.2) is 24.3 Å². The van der Waals surface area contributed by atoms with Crippen molar-refractivity contribution in [1.29, 1.82) is 0 Å². The second-order valence-electron chi connectivity index (χ2n) is 5.16. The summed E-state index contributed by atoms with van der Waals surface area (Å²) in [5, 5.41) is 2.76. The topological polar surface area (TPSA) is 52.7 Å². The number of amides is 2. The molecule has 0 saturated carbocycles. The highest BCUT2D eigenvalue weighted by atomic mass is 16.2. The van der Waals surface area contributed by atoms with E-state index >= 15 is 0 Å². The first kappa shape index (κ1) is 14.5. The Hall–Kier alpha value is -1.88. The van der Waals surface area contributed by atoms with Crippen LogP contribution in [0.1, 0.15) is 19.4 Å². The lowest BCUT2D eigenvalue weighted by atomic mass is 10.1. The molecule has 2 rings (SSSR count). The third-order valence-electron chi connectivity index (χ3n) is 3.50. The van der Waals surface area contributed by atoms with Crippen LogP contribution in [0.3, 0.4) is 0 Å². The predicted octanol–water partition coefficient (Wildman–Crippen LogP) is 1.31. The lowest BCUT2D eigenvalue weighted by molar-refractivity contribution is -0.130. The van der Waals surface area contributed by atoms with Gasteiger partial charge in [0.25, 0.3) is 0 Å². The van der Waals surface area contributed by atoms with Crippen molar-refractivity contribution in [3.8, 4) is 0 Å². The molecule has 1 heterocycles. The fourth-order valence-corrected chi connectivity index (χ4v) is 2.38. The molecular weight excluding hydrogens is 254 g/mol. The highest BCUT2D eigenvalue weighted by Gasteiger charge is 2.18. The summed E-state index contributed by atoms with van der Waals surface area (Å²) in [5.41, 5.74) is 2.04. The zero-order valence-corrected chi connectivity index (χ0v) is 12.1. The maximum Gasteiger partial charge on any atom is 0.221 e. The van der Waals surface area contributed by atoms with E-state index in [1.807, 2.05) is 29.2 Å². The molecule has 1 aliphatic heterocycles. The van der Waals surface area contributed by atoms with Crippen LogP contribution in [0.4, 0.5) is 5.69 Å². The van der Waals surface area contributed by atoms with Crippen molar-refractivity contribution >= 4 is 17.5 Å². The minimum Gasteiger partial charge on any atom is -0.340 e. The van der Waals surface area contributed by atoms with Gasteiger partial charge in [0.15, 0.2) is 0 Å². The lowest BCUT2D eigenvalue weighted by Crippen LogP contribution is -2.47. The molecule has 1 N–H and O–H groups in total. The van der Waals surface area contributed by atoms with Gasteiger partial charge in [0.05, 0.1) is 0 Å². The summed E-state index contributed by atoms with van der Waals surface area (Å²) in [6.45, 7) is 7.43. The Bertz CT molecular complexity index is 476. The highest BCUT2D eigenvalue weighted by Crippen LogP contribution is 2.13. The standard InChI is InChI=1S/C15H21N3O2/c1-12(19)16-15-5-3-14(4-6-15)11-17-7-9-18(10-8-17)13(2)20/h3-6H,7-11H2,1-2H3,(H,16,19). The summed E-state index contributed by atoms with van der Waals surface area (Å²) in [5.74, 6) is 0.0995. The van der Waals surface area contributed by atoms with E-state index in [4.69, 9.17) is 0 Å². The number of piperazine rings is 1. The summed E-state index contributed by atoms with van der Waals surface area (Å²) >= 11 is 0. The van der Waals surface area contributed by atoms with Gasteiger partial charge in [-0.25, -0.2) is 0 Å². The molecule has 1 aliphatic rings. The van der Waals surface area contributed by atoms with E-state index < -0.39 is 0 Å². The van der Waals surface area contributed by atoms with Crippen LogP contribution in [-0.2, 0) is 16.1 Å². The number of carbonyl (C=O) groups excluding carboxylic acids is 2. The molecule has 0 atom stereocenters. The van der Waals surface area contributed by atoms with Crippen molar-refractivity contribution in [2.24, 2.45) is 0 Å². The van der Waals surface area contributed by atoms with E-state index in [1.54, 1.807) is 6.92 Å². The van der Waals surface area contributed by atoms with Gasteiger partial charge in [-0.05, 0) is 17.7 Å². The van der Waals surface area contributed by atoms with Crippen LogP contribution in [0.25, 0.3) is 0 Å². The monoisotopic (exact) mass is 275 g/mol. The van der Waals surface area contributed by atoms with Crippen molar-refractivity contribution in [1.82, 2.24) is 9.80 Å². The molecule has 5 heteroatoms. The molecule has 108 valence electrons. The van der Waals surface area contributed by atoms with E-state index in [0.717, 1.165) is 38.4 Å². The fraction of sp³-hybridized carbons (Fsp3) is 0.467. The Morgan fingerprint density at radius 3 is 2.15 bits per heavy atom. The zero-order chi connectivity index (χ0) is 14.5. The van der Waals surface area contributed by atoms with Gasteiger partial charge in [-0.2, -0.15) is 0 Å². The molecule has 0 aliphatic carbocycles. The van der Waals surface area contributed by atoms with Crippen LogP contribution >= 0.6 is 0 Å². The summed E-state index contributed by atoms with van der Waals surface area (Å²) in [6.07, 6.45) is 0. The Labute approximate surface area is 119 Å². The maximum atomic E-state index is 11.3. The molecule has 2 amide bonds. The second-order valence-corrected chi connectivity index (χ2v) is 5.16. The summed E-state index contributed by atoms with van der Waals surface area (Å²) in [7, 11) is 0. The number of carbonyl (C=O) groups is 2. The zero-order valence-electron chi connectivity index (χ0n) is 12.1. The van der Waals surface area contributed by atoms with Crippen LogP contribution < -0.4 is 5.32 Å². The largest absolute Gasteiger partial charge is 0.340 e. The molecule has 20 heavy (non-hydrogen) atoms. The normalized spacial score (nSPS) is 16.0. The van der Waals surface area contributed by atoms with Crippen LogP contribution in [0.5, 0.6) is 0 Å². The first-order valence-corrected chi connectivity index (χ1v) is 6.89. The quantitative estimate of drug-likeness (QED) is 0.905. The van der Waals surface area contributed by atoms with Gasteiger partial charge < -0.3 is 10.2 Å². The number of nitrogens with one attached hydrogen (secondary N) is 1. The molecule has 0 bridgehead atoms. The Kier molecular flexibility index (Phi) is 4.74. The van der Waals surface area contributed by atoms with E-state index in [2.05, 4.69) is 10.2 Å². The van der Waals surface area contributed by atoms with E-state index in [0.29, 0.717) is 0 Å². The van der Waals surface area contributed by atoms with Crippen molar-refractivity contribution in [2.75, 3.05) is 31.5 Å². The number of hydrogen-bond donors (Lipinski definition) is 1. The highest BCUT2D eigenvalue weighted by molar-refractivity contribution is 5.88. The average molecular weight is 275 g/mol. The number of benzene rings is 1. The molecule has 1 aromatic carbocycles. The van der Waals surface area contributed by atoms with Gasteiger partial charge in [0, 0.05) is 52.3 Å². The molecule has 1 aromatic rings. The van der Waals surface area contributed by atoms with E-state index in [-0.39, 0.29) is 11.8 Å². The molecule has 0 unspecified atom stereocenters. The maximum absolute atomic E-state index is 11.3. The summed E-state index contributed by atoms with van der Waals surface area (Å²) < 4.78 is 0. The van der Waals surface area contributed by atoms with E-state index in [1.165, 1.54) is 12.5 Å². The number of anilines is 1. The Morgan fingerprint density at radius 1 is 1.05 bits per heavy atom. The third kappa shape index (κ3) is 4.06. The predicted molar refractivity (Wildman–Crippen MR) is 78.3 cm³/mol.